The Morgan fingerprint density at radius 1 is 0.650 bits per heavy atom. The van der Waals surface area contributed by atoms with Crippen LogP contribution in [-0.4, -0.2) is 66.6 Å². The summed E-state index contributed by atoms with van der Waals surface area (Å²) < 4.78 is 28.9. The lowest BCUT2D eigenvalue weighted by Gasteiger charge is -2.29. The van der Waals surface area contributed by atoms with Crippen molar-refractivity contribution in [2.75, 3.05) is 39.9 Å². The number of hydrogen-bond donors (Lipinski definition) is 6. The maximum absolute atomic E-state index is 12.8. The Morgan fingerprint density at radius 3 is 1.88 bits per heavy atom. The predicted molar refractivity (Wildman–Crippen MR) is 226 cm³/mol. The number of aliphatic hydroxyl groups excluding tert-OH is 4. The molecule has 2 aliphatic heterocycles. The van der Waals surface area contributed by atoms with Gasteiger partial charge in [-0.1, -0.05) is 49.7 Å². The van der Waals surface area contributed by atoms with Gasteiger partial charge in [-0.25, -0.2) is 0 Å². The molecule has 14 heteroatoms. The van der Waals surface area contributed by atoms with Gasteiger partial charge in [0.25, 0.3) is 5.91 Å². The third kappa shape index (κ3) is 10.6. The molecule has 322 valence electrons. The van der Waals surface area contributed by atoms with Crippen molar-refractivity contribution in [1.82, 2.24) is 5.32 Å². The molecule has 0 fully saturated rings. The van der Waals surface area contributed by atoms with E-state index < -0.39 is 12.3 Å². The Hall–Kier alpha value is -5.54. The Balaban J connectivity index is 0.875. The molecule has 2 heterocycles. The molecule has 0 saturated heterocycles. The van der Waals surface area contributed by atoms with E-state index in [0.29, 0.717) is 87.5 Å². The van der Waals surface area contributed by atoms with E-state index in [1.54, 1.807) is 39.5 Å². The van der Waals surface area contributed by atoms with Crippen molar-refractivity contribution < 1.29 is 53.7 Å². The average molecular weight is 828 g/mol. The molecule has 14 nitrogen and oxygen atoms in total. The number of oxime groups is 1. The summed E-state index contributed by atoms with van der Waals surface area (Å²) in [5.41, 5.74) is 6.51. The number of hydrogen-bond acceptors (Lipinski definition) is 13. The standard InChI is InChI=1S/C46H57N3O11/c1-55-35-13-14-38-36(23-35)46(54)48-45(47-38)29-12-15-40(34(18-29)27-52)58-16-10-8-6-4-5-7-9-11-17-59-44-42(56-2)21-31(22-43(44)57-3)41-24-39(49-60-41)30-19-32(25-50)37(28-53)33(20-30)26-51/h12-15,18-23,41,45,47,50-53H,4-11,16-17,24-28H2,1-3H3,(H,48,54). The molecule has 0 radical (unpaired) electrons. The summed E-state index contributed by atoms with van der Waals surface area (Å²) in [5, 5.41) is 50.1. The Kier molecular flexibility index (Phi) is 15.9. The van der Waals surface area contributed by atoms with E-state index in [-0.39, 0.29) is 32.3 Å². The number of carbonyl (C=O) groups is 1. The third-order valence-electron chi connectivity index (χ3n) is 11.0. The van der Waals surface area contributed by atoms with Crippen LogP contribution in [0.1, 0.15) is 119 Å². The highest BCUT2D eigenvalue weighted by atomic mass is 16.6. The summed E-state index contributed by atoms with van der Waals surface area (Å²) in [7, 11) is 4.74. The van der Waals surface area contributed by atoms with E-state index >= 15 is 0 Å². The van der Waals surface area contributed by atoms with E-state index in [4.69, 9.17) is 28.5 Å². The van der Waals surface area contributed by atoms with Crippen molar-refractivity contribution in [3.05, 3.63) is 105 Å². The normalized spacial score (nSPS) is 15.7. The summed E-state index contributed by atoms with van der Waals surface area (Å²) in [4.78, 5) is 18.6. The largest absolute Gasteiger partial charge is 0.497 e. The molecule has 2 atom stereocenters. The number of unbranched alkanes of at least 4 members (excludes halogenated alkanes) is 7. The fourth-order valence-electron chi connectivity index (χ4n) is 7.60. The minimum Gasteiger partial charge on any atom is -0.497 e. The van der Waals surface area contributed by atoms with Gasteiger partial charge in [-0.05, 0) is 89.7 Å². The number of amides is 1. The first-order chi connectivity index (χ1) is 29.3. The van der Waals surface area contributed by atoms with Gasteiger partial charge in [-0.3, -0.25) is 4.79 Å². The molecule has 6 rings (SSSR count). The van der Waals surface area contributed by atoms with Gasteiger partial charge in [0.2, 0.25) is 5.75 Å². The van der Waals surface area contributed by atoms with Gasteiger partial charge in [0, 0.05) is 28.8 Å². The number of benzene rings is 4. The van der Waals surface area contributed by atoms with Gasteiger partial charge in [0.1, 0.15) is 17.7 Å². The molecule has 4 aromatic carbocycles. The quantitative estimate of drug-likeness (QED) is 0.0422. The Morgan fingerprint density at radius 2 is 1.28 bits per heavy atom. The highest BCUT2D eigenvalue weighted by Crippen LogP contribution is 2.43. The number of anilines is 1. The van der Waals surface area contributed by atoms with Gasteiger partial charge in [-0.2, -0.15) is 0 Å². The van der Waals surface area contributed by atoms with Crippen molar-refractivity contribution >= 4 is 17.3 Å². The summed E-state index contributed by atoms with van der Waals surface area (Å²) in [5.74, 6) is 2.67. The molecule has 2 unspecified atom stereocenters. The Labute approximate surface area is 351 Å². The zero-order valence-corrected chi connectivity index (χ0v) is 34.6. The van der Waals surface area contributed by atoms with Gasteiger partial charge in [0.15, 0.2) is 17.6 Å². The molecule has 0 bridgehead atoms. The summed E-state index contributed by atoms with van der Waals surface area (Å²) >= 11 is 0. The van der Waals surface area contributed by atoms with Crippen molar-refractivity contribution in [1.29, 1.82) is 0 Å². The predicted octanol–water partition coefficient (Wildman–Crippen LogP) is 6.98. The molecule has 6 N–H and O–H groups in total. The highest BCUT2D eigenvalue weighted by Gasteiger charge is 2.29. The van der Waals surface area contributed by atoms with E-state index in [1.807, 2.05) is 42.5 Å². The van der Waals surface area contributed by atoms with Crippen LogP contribution in [0.4, 0.5) is 5.69 Å². The van der Waals surface area contributed by atoms with Crippen LogP contribution in [0.2, 0.25) is 0 Å². The molecule has 0 aromatic heterocycles. The summed E-state index contributed by atoms with van der Waals surface area (Å²) in [6.45, 7) is 0.0876. The molecule has 0 spiro atoms. The number of nitrogens with one attached hydrogen (secondary N) is 2. The van der Waals surface area contributed by atoms with Crippen molar-refractivity contribution in [3.8, 4) is 28.7 Å². The maximum atomic E-state index is 12.8. The second-order valence-electron chi connectivity index (χ2n) is 14.9. The number of aliphatic hydroxyl groups is 4. The zero-order valence-electron chi connectivity index (χ0n) is 34.6. The van der Waals surface area contributed by atoms with E-state index in [2.05, 4.69) is 15.8 Å². The second kappa shape index (κ2) is 21.6. The fourth-order valence-corrected chi connectivity index (χ4v) is 7.60. The molecule has 0 aliphatic carbocycles. The SMILES string of the molecule is COc1ccc2c(c1)C(=O)NC(c1ccc(OCCCCCCCCCCOc3c(OC)cc(C4CC(c5cc(CO)c(CO)c(CO)c5)=NO4)cc3OC)c(CO)c1)N2. The van der Waals surface area contributed by atoms with Crippen molar-refractivity contribution in [2.24, 2.45) is 5.16 Å². The van der Waals surface area contributed by atoms with Crippen LogP contribution in [0.25, 0.3) is 0 Å². The zero-order chi connectivity index (χ0) is 42.4. The Bertz CT molecular complexity index is 2060. The number of methoxy groups -OCH3 is 3. The average Bonchev–Trinajstić information content (AvgIpc) is 3.79. The van der Waals surface area contributed by atoms with Crippen LogP contribution in [0.5, 0.6) is 28.7 Å². The molecular formula is C46H57N3O11. The van der Waals surface area contributed by atoms with Crippen LogP contribution in [0.3, 0.4) is 0 Å². The summed E-state index contributed by atoms with van der Waals surface area (Å²) in [6.07, 6.45) is 8.03. The minimum absolute atomic E-state index is 0.171. The molecule has 4 aromatic rings. The van der Waals surface area contributed by atoms with E-state index in [0.717, 1.165) is 68.2 Å². The van der Waals surface area contributed by atoms with Crippen LogP contribution in [0.15, 0.2) is 65.8 Å². The van der Waals surface area contributed by atoms with Gasteiger partial charge in [-0.15, -0.1) is 0 Å². The molecule has 60 heavy (non-hydrogen) atoms. The van der Waals surface area contributed by atoms with Gasteiger partial charge >= 0.3 is 0 Å². The molecule has 0 saturated carbocycles. The molecular weight excluding hydrogens is 771 g/mol. The fraction of sp³-hybridized carbons (Fsp3) is 0.435. The maximum Gasteiger partial charge on any atom is 0.255 e. The van der Waals surface area contributed by atoms with Crippen LogP contribution >= 0.6 is 0 Å². The van der Waals surface area contributed by atoms with E-state index in [1.165, 1.54) is 0 Å². The topological polar surface area (TPSA) is 190 Å². The number of carbonyl (C=O) groups excluding carboxylic acids is 1. The molecule has 1 amide bonds. The van der Waals surface area contributed by atoms with Crippen LogP contribution < -0.4 is 34.3 Å². The minimum atomic E-state index is -0.434. The lowest BCUT2D eigenvalue weighted by Crippen LogP contribution is -2.38. The first-order valence-corrected chi connectivity index (χ1v) is 20.5. The number of nitrogens with zero attached hydrogens (tertiary/aromatic N) is 1. The van der Waals surface area contributed by atoms with E-state index in [9.17, 15) is 25.2 Å². The smallest absolute Gasteiger partial charge is 0.255 e. The van der Waals surface area contributed by atoms with Gasteiger partial charge in [0.05, 0.1) is 72.2 Å². The lowest BCUT2D eigenvalue weighted by molar-refractivity contribution is 0.0852. The van der Waals surface area contributed by atoms with Gasteiger partial charge < -0.3 is 59.6 Å². The van der Waals surface area contributed by atoms with Crippen molar-refractivity contribution in [2.45, 2.75) is 96.5 Å². The third-order valence-corrected chi connectivity index (χ3v) is 11.0. The van der Waals surface area contributed by atoms with Crippen LogP contribution in [0, 0.1) is 0 Å². The summed E-state index contributed by atoms with van der Waals surface area (Å²) in [6, 6.07) is 18.2. The van der Waals surface area contributed by atoms with Crippen molar-refractivity contribution in [3.63, 3.8) is 0 Å². The molecule has 2 aliphatic rings. The second-order valence-corrected chi connectivity index (χ2v) is 14.9. The number of rotatable bonds is 23. The monoisotopic (exact) mass is 827 g/mol. The van der Waals surface area contributed by atoms with Crippen LogP contribution in [-0.2, 0) is 31.3 Å². The lowest BCUT2D eigenvalue weighted by atomic mass is 9.93. The number of fused-ring (bicyclic) bond motifs is 1. The first-order valence-electron chi connectivity index (χ1n) is 20.5. The number of ether oxygens (including phenoxy) is 5. The first kappa shape index (κ1) is 44.0. The highest BCUT2D eigenvalue weighted by molar-refractivity contribution is 6.02.